The molecule has 0 unspecified atom stereocenters. The van der Waals surface area contributed by atoms with Gasteiger partial charge in [-0.25, -0.2) is 4.79 Å². The van der Waals surface area contributed by atoms with E-state index in [0.717, 1.165) is 22.8 Å². The molecule has 7 heteroatoms. The van der Waals surface area contributed by atoms with Crippen LogP contribution in [-0.4, -0.2) is 53.2 Å². The predicted octanol–water partition coefficient (Wildman–Crippen LogP) is 4.13. The number of amides is 1. The van der Waals surface area contributed by atoms with Gasteiger partial charge >= 0.3 is 6.09 Å². The van der Waals surface area contributed by atoms with Crippen LogP contribution >= 0.6 is 0 Å². The summed E-state index contributed by atoms with van der Waals surface area (Å²) < 4.78 is 10.7. The molecule has 0 bridgehead atoms. The molecular formula is C24H32N2O5. The van der Waals surface area contributed by atoms with Crippen LogP contribution in [0.15, 0.2) is 30.5 Å². The zero-order chi connectivity index (χ0) is 22.6. The van der Waals surface area contributed by atoms with Crippen molar-refractivity contribution in [3.63, 3.8) is 0 Å². The molecule has 0 spiro atoms. The lowest BCUT2D eigenvalue weighted by Gasteiger charge is -2.37. The second-order valence-corrected chi connectivity index (χ2v) is 9.16. The van der Waals surface area contributed by atoms with Crippen LogP contribution < -0.4 is 4.74 Å². The van der Waals surface area contributed by atoms with Gasteiger partial charge in [-0.1, -0.05) is 12.1 Å². The van der Waals surface area contributed by atoms with Gasteiger partial charge in [-0.3, -0.25) is 4.98 Å². The maximum atomic E-state index is 12.3. The molecule has 1 aromatic carbocycles. The summed E-state index contributed by atoms with van der Waals surface area (Å²) in [6.45, 7) is 6.39. The van der Waals surface area contributed by atoms with E-state index in [0.29, 0.717) is 38.1 Å². The molecule has 1 fully saturated rings. The average Bonchev–Trinajstić information content (AvgIpc) is 2.75. The lowest BCUT2D eigenvalue weighted by atomic mass is 9.82. The zero-order valence-corrected chi connectivity index (χ0v) is 18.7. The minimum Gasteiger partial charge on any atom is -0.495 e. The van der Waals surface area contributed by atoms with Gasteiger partial charge in [0, 0.05) is 24.4 Å². The standard InChI is InChI=1S/C24H32N2O5/c1-24(2,3)31-23(29)26-11-10-16(17(14-26)15-27)8-9-22(28)19-6-5-7-21-20(19)12-18(30-4)13-25-21/h5-7,12-13,15-17,22,28H,8-11,14H2,1-4H3/t16-,17-,22+/m1/s1. The van der Waals surface area contributed by atoms with Crippen LogP contribution in [-0.2, 0) is 9.53 Å². The molecule has 2 aromatic rings. The number of aldehydes is 1. The van der Waals surface area contributed by atoms with E-state index in [4.69, 9.17) is 9.47 Å². The number of hydrogen-bond acceptors (Lipinski definition) is 6. The van der Waals surface area contributed by atoms with Gasteiger partial charge in [-0.05, 0) is 63.6 Å². The fraction of sp³-hybridized carbons (Fsp3) is 0.542. The van der Waals surface area contributed by atoms with Crippen LogP contribution in [0, 0.1) is 11.8 Å². The fourth-order valence-electron chi connectivity index (χ4n) is 4.12. The van der Waals surface area contributed by atoms with E-state index >= 15 is 0 Å². The number of benzene rings is 1. The molecule has 2 heterocycles. The first-order valence-electron chi connectivity index (χ1n) is 10.8. The highest BCUT2D eigenvalue weighted by atomic mass is 16.6. The van der Waals surface area contributed by atoms with Crippen LogP contribution in [0.3, 0.4) is 0 Å². The SMILES string of the molecule is COc1cnc2cccc([C@@H](O)CC[C@@H]3CCN(C(=O)OC(C)(C)C)C[C@@H]3C=O)c2c1. The third kappa shape index (κ3) is 5.73. The van der Waals surface area contributed by atoms with Crippen LogP contribution in [0.4, 0.5) is 4.79 Å². The quantitative estimate of drug-likeness (QED) is 0.696. The summed E-state index contributed by atoms with van der Waals surface area (Å²) in [5.41, 5.74) is 1.04. The van der Waals surface area contributed by atoms with Gasteiger partial charge in [0.2, 0.25) is 0 Å². The van der Waals surface area contributed by atoms with Crippen molar-refractivity contribution in [2.75, 3.05) is 20.2 Å². The minimum absolute atomic E-state index is 0.119. The van der Waals surface area contributed by atoms with Gasteiger partial charge in [0.1, 0.15) is 17.6 Å². The highest BCUT2D eigenvalue weighted by Crippen LogP contribution is 2.33. The normalized spacial score (nSPS) is 20.4. The first-order chi connectivity index (χ1) is 14.7. The number of ether oxygens (including phenoxy) is 2. The summed E-state index contributed by atoms with van der Waals surface area (Å²) in [5.74, 6) is 0.499. The van der Waals surface area contributed by atoms with Gasteiger partial charge in [0.25, 0.3) is 0 Å². The van der Waals surface area contributed by atoms with Crippen LogP contribution in [0.5, 0.6) is 5.75 Å². The van der Waals surface area contributed by atoms with Crippen molar-refractivity contribution in [3.8, 4) is 5.75 Å². The molecule has 31 heavy (non-hydrogen) atoms. The second-order valence-electron chi connectivity index (χ2n) is 9.16. The number of pyridine rings is 1. The van der Waals surface area contributed by atoms with Crippen molar-refractivity contribution in [1.29, 1.82) is 0 Å². The molecule has 0 aliphatic carbocycles. The molecule has 1 saturated heterocycles. The first kappa shape index (κ1) is 23.0. The number of aliphatic hydroxyl groups excluding tert-OH is 1. The highest BCUT2D eigenvalue weighted by Gasteiger charge is 2.33. The average molecular weight is 429 g/mol. The summed E-state index contributed by atoms with van der Waals surface area (Å²) in [6.07, 6.45) is 3.47. The Morgan fingerprint density at radius 2 is 2.16 bits per heavy atom. The second kappa shape index (κ2) is 9.64. The van der Waals surface area contributed by atoms with Crippen LogP contribution in [0.25, 0.3) is 10.9 Å². The summed E-state index contributed by atoms with van der Waals surface area (Å²) in [6, 6.07) is 7.57. The van der Waals surface area contributed by atoms with Gasteiger partial charge in [-0.15, -0.1) is 0 Å². The Bertz CT molecular complexity index is 924. The number of hydrogen-bond donors (Lipinski definition) is 1. The minimum atomic E-state index is -0.672. The van der Waals surface area contributed by atoms with Crippen molar-refractivity contribution >= 4 is 23.3 Å². The van der Waals surface area contributed by atoms with Gasteiger partial charge in [-0.2, -0.15) is 0 Å². The summed E-state index contributed by atoms with van der Waals surface area (Å²) in [5, 5.41) is 11.8. The molecule has 0 radical (unpaired) electrons. The Morgan fingerprint density at radius 1 is 1.39 bits per heavy atom. The molecule has 1 N–H and O–H groups in total. The number of carbonyl (C=O) groups excluding carboxylic acids is 2. The van der Waals surface area contributed by atoms with Crippen LogP contribution in [0.1, 0.15) is 51.7 Å². The first-order valence-corrected chi connectivity index (χ1v) is 10.8. The predicted molar refractivity (Wildman–Crippen MR) is 118 cm³/mol. The topological polar surface area (TPSA) is 89.0 Å². The molecule has 1 aliphatic rings. The summed E-state index contributed by atoms with van der Waals surface area (Å²) in [4.78, 5) is 30.1. The van der Waals surface area contributed by atoms with E-state index in [2.05, 4.69) is 4.98 Å². The zero-order valence-electron chi connectivity index (χ0n) is 18.7. The Hall–Kier alpha value is -2.67. The van der Waals surface area contributed by atoms with Gasteiger partial charge in [0.15, 0.2) is 0 Å². The Labute approximate surface area is 183 Å². The number of carbonyl (C=O) groups is 2. The van der Waals surface area contributed by atoms with E-state index in [9.17, 15) is 14.7 Å². The van der Waals surface area contributed by atoms with E-state index in [1.54, 1.807) is 18.2 Å². The molecule has 1 amide bonds. The van der Waals surface area contributed by atoms with Crippen molar-refractivity contribution in [2.24, 2.45) is 11.8 Å². The number of nitrogens with zero attached hydrogens (tertiary/aromatic N) is 2. The van der Waals surface area contributed by atoms with E-state index in [1.807, 2.05) is 45.0 Å². The number of methoxy groups -OCH3 is 1. The van der Waals surface area contributed by atoms with E-state index in [1.165, 1.54) is 0 Å². The maximum Gasteiger partial charge on any atom is 0.410 e. The van der Waals surface area contributed by atoms with Crippen LogP contribution in [0.2, 0.25) is 0 Å². The van der Waals surface area contributed by atoms with E-state index in [-0.39, 0.29) is 17.9 Å². The highest BCUT2D eigenvalue weighted by molar-refractivity contribution is 5.83. The van der Waals surface area contributed by atoms with E-state index < -0.39 is 11.7 Å². The Kier molecular flexibility index (Phi) is 7.15. The molecule has 3 rings (SSSR count). The van der Waals surface area contributed by atoms with Crippen molar-refractivity contribution < 1.29 is 24.2 Å². The summed E-state index contributed by atoms with van der Waals surface area (Å²) in [7, 11) is 1.59. The molecule has 3 atom stereocenters. The van der Waals surface area contributed by atoms with Crippen molar-refractivity contribution in [1.82, 2.24) is 9.88 Å². The third-order valence-corrected chi connectivity index (χ3v) is 5.77. The van der Waals surface area contributed by atoms with Gasteiger partial charge in [0.05, 0.1) is 24.9 Å². The lowest BCUT2D eigenvalue weighted by molar-refractivity contribution is -0.114. The molecule has 1 aromatic heterocycles. The van der Waals surface area contributed by atoms with Crippen molar-refractivity contribution in [2.45, 2.75) is 51.7 Å². The number of piperidine rings is 1. The van der Waals surface area contributed by atoms with Gasteiger partial charge < -0.3 is 24.3 Å². The lowest BCUT2D eigenvalue weighted by Crippen LogP contribution is -2.46. The number of rotatable bonds is 6. The monoisotopic (exact) mass is 428 g/mol. The maximum absolute atomic E-state index is 12.3. The Morgan fingerprint density at radius 3 is 2.84 bits per heavy atom. The number of fused-ring (bicyclic) bond motifs is 1. The fourth-order valence-corrected chi connectivity index (χ4v) is 4.12. The molecular weight excluding hydrogens is 396 g/mol. The van der Waals surface area contributed by atoms with Crippen molar-refractivity contribution in [3.05, 3.63) is 36.0 Å². The molecule has 7 nitrogen and oxygen atoms in total. The molecule has 0 saturated carbocycles. The third-order valence-electron chi connectivity index (χ3n) is 5.77. The largest absolute Gasteiger partial charge is 0.495 e. The Balaban J connectivity index is 1.64. The molecule has 1 aliphatic heterocycles. The summed E-state index contributed by atoms with van der Waals surface area (Å²) >= 11 is 0. The number of aliphatic hydroxyl groups is 1. The molecule has 168 valence electrons. The smallest absolute Gasteiger partial charge is 0.410 e. The number of aromatic nitrogens is 1. The number of likely N-dealkylation sites (tertiary alicyclic amines) is 1.